The molecule has 0 saturated heterocycles. The number of nitriles is 1. The number of carbonyl (C=O) groups excluding carboxylic acids is 2. The van der Waals surface area contributed by atoms with Crippen LogP contribution in [-0.2, 0) is 33.5 Å². The van der Waals surface area contributed by atoms with Gasteiger partial charge in [-0.15, -0.1) is 0 Å². The topological polar surface area (TPSA) is 143 Å². The summed E-state index contributed by atoms with van der Waals surface area (Å²) < 4.78 is 115. The van der Waals surface area contributed by atoms with Gasteiger partial charge in [0.1, 0.15) is 11.1 Å². The van der Waals surface area contributed by atoms with Crippen LogP contribution in [0.1, 0.15) is 53.7 Å². The first-order valence-corrected chi connectivity index (χ1v) is 13.7. The smallest absolute Gasteiger partial charge is 0.459 e. The van der Waals surface area contributed by atoms with E-state index in [0.717, 1.165) is 30.4 Å². The highest BCUT2D eigenvalue weighted by Crippen LogP contribution is 2.49. The number of hydrogen-bond acceptors (Lipinski definition) is 7. The number of benzene rings is 1. The molecule has 1 amide bonds. The van der Waals surface area contributed by atoms with Gasteiger partial charge in [0.25, 0.3) is 5.91 Å². The van der Waals surface area contributed by atoms with Crippen molar-refractivity contribution in [2.45, 2.75) is 55.9 Å². The first-order chi connectivity index (χ1) is 21.7. The van der Waals surface area contributed by atoms with Crippen molar-refractivity contribution in [2.75, 3.05) is 6.73 Å². The molecular weight excluding hydrogens is 676 g/mol. The summed E-state index contributed by atoms with van der Waals surface area (Å²) in [4.78, 5) is 37.4. The van der Waals surface area contributed by atoms with Crippen molar-refractivity contribution >= 4 is 29.4 Å². The third-order valence-corrected chi connectivity index (χ3v) is 7.43. The van der Waals surface area contributed by atoms with Crippen LogP contribution in [0.3, 0.4) is 0 Å². The number of aryl methyl sites for hydroxylation is 1. The van der Waals surface area contributed by atoms with E-state index in [1.165, 1.54) is 12.1 Å². The largest absolute Gasteiger partial charge is 0.481 e. The molecule has 11 nitrogen and oxygen atoms in total. The fourth-order valence-electron chi connectivity index (χ4n) is 4.52. The second-order valence-electron chi connectivity index (χ2n) is 10.4. The number of hydrogen-bond donors (Lipinski definition) is 1. The lowest BCUT2D eigenvalue weighted by Gasteiger charge is -2.27. The first kappa shape index (κ1) is 35.1. The van der Waals surface area contributed by atoms with Gasteiger partial charge in [-0.1, -0.05) is 17.7 Å². The van der Waals surface area contributed by atoms with Crippen molar-refractivity contribution in [1.29, 1.82) is 5.26 Å². The molecule has 0 aliphatic heterocycles. The van der Waals surface area contributed by atoms with E-state index in [9.17, 15) is 54.8 Å². The molecule has 1 fully saturated rings. The number of nitrogens with zero attached hydrogens (tertiary/aromatic N) is 6. The number of alkyl halides is 8. The van der Waals surface area contributed by atoms with E-state index in [0.29, 0.717) is 4.68 Å². The molecule has 2 heterocycles. The third-order valence-electron chi connectivity index (χ3n) is 7.10. The lowest BCUT2D eigenvalue weighted by atomic mass is 10.0. The van der Waals surface area contributed by atoms with Crippen LogP contribution in [0.2, 0.25) is 5.02 Å². The van der Waals surface area contributed by atoms with Crippen LogP contribution in [0.15, 0.2) is 30.6 Å². The van der Waals surface area contributed by atoms with Crippen molar-refractivity contribution in [3.63, 3.8) is 0 Å². The summed E-state index contributed by atoms with van der Waals surface area (Å²) in [5.74, 6) is -10.1. The molecule has 1 saturated carbocycles. The average molecular weight is 697 g/mol. The standard InChI is InChI=1S/C27H21ClF8N6O5/c1-40-22(20(26(31,32)33)21(39-40)25(29,30)27(34,35)36)42-11-15(10-38-42)14-5-6-17(28)16(9-14)23(46)41(24(12-37)7-8-24)13-47-19(45)4-2-3-18(43)44/h5-6,9-11H,2-4,7-8,13H2,1H3,(H,43,44). The predicted octanol–water partition coefficient (Wildman–Crippen LogP) is 5.85. The maximum atomic E-state index is 14.1. The van der Waals surface area contributed by atoms with E-state index in [1.54, 1.807) is 0 Å². The SMILES string of the molecule is Cn1nc(C(F)(F)C(F)(F)F)c(C(F)(F)F)c1-n1cc(-c2ccc(Cl)c(C(=O)N(COC(=O)CCCC(=O)O)C3(C#N)CC3)c2)cn1. The molecule has 1 aliphatic carbocycles. The quantitative estimate of drug-likeness (QED) is 0.149. The molecule has 47 heavy (non-hydrogen) atoms. The number of esters is 1. The van der Waals surface area contributed by atoms with Gasteiger partial charge in [0.2, 0.25) is 0 Å². The minimum absolute atomic E-state index is 0.0352. The van der Waals surface area contributed by atoms with Crippen LogP contribution in [0, 0.1) is 11.3 Å². The maximum absolute atomic E-state index is 14.1. The van der Waals surface area contributed by atoms with E-state index in [4.69, 9.17) is 21.4 Å². The molecule has 0 bridgehead atoms. The number of rotatable bonds is 11. The van der Waals surface area contributed by atoms with Crippen molar-refractivity contribution in [2.24, 2.45) is 7.05 Å². The van der Waals surface area contributed by atoms with Gasteiger partial charge in [0.15, 0.2) is 18.2 Å². The Labute approximate surface area is 263 Å². The van der Waals surface area contributed by atoms with Gasteiger partial charge in [-0.25, -0.2) is 9.36 Å². The highest BCUT2D eigenvalue weighted by molar-refractivity contribution is 6.34. The number of carboxylic acids is 1. The Morgan fingerprint density at radius 2 is 1.77 bits per heavy atom. The maximum Gasteiger partial charge on any atom is 0.459 e. The Morgan fingerprint density at radius 3 is 2.32 bits per heavy atom. The van der Waals surface area contributed by atoms with Gasteiger partial charge in [-0.3, -0.25) is 19.3 Å². The number of amides is 1. The number of carboxylic acid groups (broad SMARTS) is 1. The lowest BCUT2D eigenvalue weighted by Crippen LogP contribution is -2.43. The van der Waals surface area contributed by atoms with Gasteiger partial charge < -0.3 is 9.84 Å². The zero-order valence-electron chi connectivity index (χ0n) is 23.8. The molecule has 252 valence electrons. The summed E-state index contributed by atoms with van der Waals surface area (Å²) in [5, 5.41) is 24.8. The zero-order chi connectivity index (χ0) is 35.1. The van der Waals surface area contributed by atoms with Crippen molar-refractivity contribution in [3.05, 3.63) is 52.4 Å². The Morgan fingerprint density at radius 1 is 1.11 bits per heavy atom. The Hall–Kier alpha value is -4.73. The van der Waals surface area contributed by atoms with Crippen LogP contribution in [0.25, 0.3) is 16.9 Å². The minimum Gasteiger partial charge on any atom is -0.481 e. The first-order valence-electron chi connectivity index (χ1n) is 13.3. The molecule has 3 aromatic rings. The molecule has 2 aromatic heterocycles. The Balaban J connectivity index is 1.68. The monoisotopic (exact) mass is 696 g/mol. The molecule has 4 rings (SSSR count). The normalized spacial score (nSPS) is 14.4. The fourth-order valence-corrected chi connectivity index (χ4v) is 4.72. The number of ether oxygens (including phenoxy) is 1. The Bertz CT molecular complexity index is 1760. The summed E-state index contributed by atoms with van der Waals surface area (Å²) in [6.45, 7) is -0.692. The van der Waals surface area contributed by atoms with Crippen LogP contribution < -0.4 is 0 Å². The van der Waals surface area contributed by atoms with Gasteiger partial charge in [-0.2, -0.15) is 50.6 Å². The molecule has 0 radical (unpaired) electrons. The van der Waals surface area contributed by atoms with Crippen molar-refractivity contribution in [3.8, 4) is 23.0 Å². The van der Waals surface area contributed by atoms with Crippen LogP contribution in [0.5, 0.6) is 0 Å². The number of halogens is 9. The molecule has 1 aliphatic rings. The van der Waals surface area contributed by atoms with Gasteiger partial charge in [-0.05, 0) is 37.0 Å². The molecule has 1 N–H and O–H groups in total. The summed E-state index contributed by atoms with van der Waals surface area (Å²) in [5.41, 5.74) is -6.50. The van der Waals surface area contributed by atoms with Crippen LogP contribution in [0.4, 0.5) is 35.1 Å². The molecular formula is C27H21ClF8N6O5. The number of aromatic nitrogens is 4. The van der Waals surface area contributed by atoms with Crippen molar-refractivity contribution in [1.82, 2.24) is 24.5 Å². The predicted molar refractivity (Wildman–Crippen MR) is 142 cm³/mol. The van der Waals surface area contributed by atoms with Gasteiger partial charge in [0.05, 0.1) is 22.9 Å². The second-order valence-corrected chi connectivity index (χ2v) is 10.8. The fraction of sp³-hybridized carbons (Fsp3) is 0.407. The highest BCUT2D eigenvalue weighted by atomic mass is 35.5. The molecule has 0 atom stereocenters. The van der Waals surface area contributed by atoms with E-state index in [-0.39, 0.29) is 58.5 Å². The average Bonchev–Trinajstić information content (AvgIpc) is 3.43. The molecule has 0 spiro atoms. The molecule has 1 aromatic carbocycles. The van der Waals surface area contributed by atoms with E-state index >= 15 is 0 Å². The minimum atomic E-state index is -6.39. The zero-order valence-corrected chi connectivity index (χ0v) is 24.6. The third kappa shape index (κ3) is 7.01. The molecule has 20 heteroatoms. The summed E-state index contributed by atoms with van der Waals surface area (Å²) >= 11 is 6.26. The number of carbonyl (C=O) groups is 3. The summed E-state index contributed by atoms with van der Waals surface area (Å²) in [6.07, 6.45) is -10.5. The van der Waals surface area contributed by atoms with Crippen LogP contribution in [-0.4, -0.2) is 65.9 Å². The second kappa shape index (κ2) is 12.5. The van der Waals surface area contributed by atoms with Gasteiger partial charge >= 0.3 is 30.2 Å². The van der Waals surface area contributed by atoms with Gasteiger partial charge in [0, 0.05) is 31.6 Å². The van der Waals surface area contributed by atoms with Crippen LogP contribution >= 0.6 is 11.6 Å². The van der Waals surface area contributed by atoms with Crippen molar-refractivity contribution < 1.29 is 59.4 Å². The van der Waals surface area contributed by atoms with E-state index < -0.39 is 65.5 Å². The Kier molecular flexibility index (Phi) is 9.32. The summed E-state index contributed by atoms with van der Waals surface area (Å²) in [7, 11) is 0.720. The molecule has 0 unspecified atom stereocenters. The lowest BCUT2D eigenvalue weighted by molar-refractivity contribution is -0.292. The summed E-state index contributed by atoms with van der Waals surface area (Å²) in [6, 6.07) is 5.66. The van der Waals surface area contributed by atoms with E-state index in [2.05, 4.69) is 10.2 Å². The number of aliphatic carboxylic acids is 1. The highest BCUT2D eigenvalue weighted by Gasteiger charge is 2.64. The van der Waals surface area contributed by atoms with E-state index in [1.807, 2.05) is 6.07 Å².